The molecule has 4 heteroatoms. The lowest BCUT2D eigenvalue weighted by molar-refractivity contribution is -0.134. The van der Waals surface area contributed by atoms with Gasteiger partial charge in [-0.25, -0.2) is 9.78 Å². The van der Waals surface area contributed by atoms with E-state index in [1.54, 1.807) is 6.08 Å². The normalized spacial score (nSPS) is 11.1. The molecule has 0 amide bonds. The molecule has 1 aromatic heterocycles. The van der Waals surface area contributed by atoms with Gasteiger partial charge in [0.05, 0.1) is 12.6 Å². The van der Waals surface area contributed by atoms with Crippen molar-refractivity contribution in [1.82, 2.24) is 4.98 Å². The molecule has 0 N–H and O–H groups in total. The summed E-state index contributed by atoms with van der Waals surface area (Å²) in [7, 11) is 1.33. The fourth-order valence-corrected chi connectivity index (χ4v) is 1.84. The molecule has 0 aliphatic rings. The fourth-order valence-electron chi connectivity index (χ4n) is 1.63. The molecule has 1 aromatic carbocycles. The van der Waals surface area contributed by atoms with Gasteiger partial charge in [0.2, 0.25) is 0 Å². The van der Waals surface area contributed by atoms with E-state index in [4.69, 9.17) is 11.6 Å². The molecule has 0 unspecified atom stereocenters. The topological polar surface area (TPSA) is 39.2 Å². The number of hydrogen-bond donors (Lipinski definition) is 0. The maximum atomic E-state index is 11.0. The van der Waals surface area contributed by atoms with Gasteiger partial charge in [-0.05, 0) is 31.2 Å². The maximum Gasteiger partial charge on any atom is 0.330 e. The lowest BCUT2D eigenvalue weighted by Gasteiger charge is -2.03. The van der Waals surface area contributed by atoms with Crippen LogP contribution in [-0.2, 0) is 9.53 Å². The summed E-state index contributed by atoms with van der Waals surface area (Å²) in [5.41, 5.74) is 2.68. The molecular weight excluding hydrogens is 250 g/mol. The van der Waals surface area contributed by atoms with Gasteiger partial charge in [-0.2, -0.15) is 0 Å². The Morgan fingerprint density at radius 2 is 2.17 bits per heavy atom. The van der Waals surface area contributed by atoms with E-state index < -0.39 is 5.97 Å². The van der Waals surface area contributed by atoms with Crippen molar-refractivity contribution in [3.63, 3.8) is 0 Å². The molecule has 0 spiro atoms. The van der Waals surface area contributed by atoms with Crippen LogP contribution in [0.25, 0.3) is 17.0 Å². The first-order valence-corrected chi connectivity index (χ1v) is 5.81. The van der Waals surface area contributed by atoms with Crippen LogP contribution in [0.4, 0.5) is 0 Å². The minimum absolute atomic E-state index is 0.367. The number of halogens is 1. The Hall–Kier alpha value is -1.87. The van der Waals surface area contributed by atoms with Gasteiger partial charge in [0.15, 0.2) is 0 Å². The molecule has 2 rings (SSSR count). The van der Waals surface area contributed by atoms with Crippen LogP contribution >= 0.6 is 11.6 Å². The van der Waals surface area contributed by atoms with Crippen LogP contribution in [0, 0.1) is 6.92 Å². The molecule has 0 saturated carbocycles. The van der Waals surface area contributed by atoms with E-state index in [-0.39, 0.29) is 0 Å². The lowest BCUT2D eigenvalue weighted by Crippen LogP contribution is -1.93. The van der Waals surface area contributed by atoms with Crippen molar-refractivity contribution in [1.29, 1.82) is 0 Å². The largest absolute Gasteiger partial charge is 0.466 e. The number of carbonyl (C=O) groups is 1. The highest BCUT2D eigenvalue weighted by molar-refractivity contribution is 6.31. The second-order valence-corrected chi connectivity index (χ2v) is 4.28. The highest BCUT2D eigenvalue weighted by Crippen LogP contribution is 2.22. The standard InChI is InChI=1S/C14H12ClNO2/c1-9-3-5-12-11(7-9)8-10(14(15)16-12)4-6-13(17)18-2/h3-8H,1-2H3/b6-4+. The number of ether oxygens (including phenoxy) is 1. The Morgan fingerprint density at radius 1 is 1.39 bits per heavy atom. The molecule has 0 atom stereocenters. The number of nitrogens with zero attached hydrogens (tertiary/aromatic N) is 1. The van der Waals surface area contributed by atoms with E-state index in [1.807, 2.05) is 31.2 Å². The van der Waals surface area contributed by atoms with Gasteiger partial charge in [0, 0.05) is 17.0 Å². The summed E-state index contributed by atoms with van der Waals surface area (Å²) in [6.45, 7) is 2.01. The molecule has 0 aliphatic carbocycles. The van der Waals surface area contributed by atoms with Gasteiger partial charge in [0.1, 0.15) is 5.15 Å². The molecule has 1 heterocycles. The zero-order valence-electron chi connectivity index (χ0n) is 10.1. The van der Waals surface area contributed by atoms with E-state index in [0.29, 0.717) is 10.7 Å². The molecule has 18 heavy (non-hydrogen) atoms. The third-order valence-corrected chi connectivity index (χ3v) is 2.85. The summed E-state index contributed by atoms with van der Waals surface area (Å²) in [5.74, 6) is -0.421. The van der Waals surface area contributed by atoms with Gasteiger partial charge in [-0.15, -0.1) is 0 Å². The van der Waals surface area contributed by atoms with E-state index in [2.05, 4.69) is 9.72 Å². The first kappa shape index (κ1) is 12.6. The number of carbonyl (C=O) groups excluding carboxylic acids is 1. The second kappa shape index (κ2) is 5.19. The number of aryl methyl sites for hydroxylation is 1. The maximum absolute atomic E-state index is 11.0. The van der Waals surface area contributed by atoms with Crippen LogP contribution < -0.4 is 0 Å². The minimum atomic E-state index is -0.421. The average molecular weight is 262 g/mol. The Kier molecular flexibility index (Phi) is 3.63. The molecule has 0 fully saturated rings. The van der Waals surface area contributed by atoms with E-state index >= 15 is 0 Å². The highest BCUT2D eigenvalue weighted by Gasteiger charge is 2.03. The summed E-state index contributed by atoms with van der Waals surface area (Å²) < 4.78 is 4.53. The van der Waals surface area contributed by atoms with Crippen molar-refractivity contribution in [2.24, 2.45) is 0 Å². The summed E-state index contributed by atoms with van der Waals surface area (Å²) in [4.78, 5) is 15.3. The van der Waals surface area contributed by atoms with Gasteiger partial charge in [-0.3, -0.25) is 0 Å². The predicted octanol–water partition coefficient (Wildman–Crippen LogP) is 3.38. The number of rotatable bonds is 2. The lowest BCUT2D eigenvalue weighted by atomic mass is 10.1. The fraction of sp³-hybridized carbons (Fsp3) is 0.143. The molecule has 0 radical (unpaired) electrons. The van der Waals surface area contributed by atoms with Crippen molar-refractivity contribution in [2.75, 3.05) is 7.11 Å². The minimum Gasteiger partial charge on any atom is -0.466 e. The van der Waals surface area contributed by atoms with Crippen molar-refractivity contribution < 1.29 is 9.53 Å². The van der Waals surface area contributed by atoms with Gasteiger partial charge < -0.3 is 4.74 Å². The van der Waals surface area contributed by atoms with E-state index in [9.17, 15) is 4.79 Å². The van der Waals surface area contributed by atoms with Crippen molar-refractivity contribution in [3.05, 3.63) is 46.6 Å². The number of pyridine rings is 1. The van der Waals surface area contributed by atoms with Crippen LogP contribution in [0.1, 0.15) is 11.1 Å². The SMILES string of the molecule is COC(=O)/C=C/c1cc2cc(C)ccc2nc1Cl. The van der Waals surface area contributed by atoms with Crippen LogP contribution in [0.15, 0.2) is 30.3 Å². The summed E-state index contributed by atoms with van der Waals surface area (Å²) >= 11 is 6.06. The highest BCUT2D eigenvalue weighted by atomic mass is 35.5. The predicted molar refractivity (Wildman–Crippen MR) is 72.5 cm³/mol. The zero-order valence-corrected chi connectivity index (χ0v) is 10.9. The van der Waals surface area contributed by atoms with E-state index in [0.717, 1.165) is 16.5 Å². The smallest absolute Gasteiger partial charge is 0.330 e. The Balaban J connectivity index is 2.48. The first-order chi connectivity index (χ1) is 8.60. The van der Waals surface area contributed by atoms with Crippen LogP contribution in [0.5, 0.6) is 0 Å². The number of methoxy groups -OCH3 is 1. The third kappa shape index (κ3) is 2.68. The third-order valence-electron chi connectivity index (χ3n) is 2.55. The van der Waals surface area contributed by atoms with E-state index in [1.165, 1.54) is 13.2 Å². The van der Waals surface area contributed by atoms with Crippen molar-refractivity contribution in [3.8, 4) is 0 Å². The van der Waals surface area contributed by atoms with Gasteiger partial charge in [-0.1, -0.05) is 23.2 Å². The molecule has 0 aliphatic heterocycles. The number of benzene rings is 1. The monoisotopic (exact) mass is 261 g/mol. The Bertz CT molecular complexity index is 635. The van der Waals surface area contributed by atoms with Crippen LogP contribution in [0.2, 0.25) is 5.15 Å². The number of aromatic nitrogens is 1. The van der Waals surface area contributed by atoms with Gasteiger partial charge >= 0.3 is 5.97 Å². The molecule has 0 bridgehead atoms. The Morgan fingerprint density at radius 3 is 2.89 bits per heavy atom. The summed E-state index contributed by atoms with van der Waals surface area (Å²) in [6, 6.07) is 7.82. The summed E-state index contributed by atoms with van der Waals surface area (Å²) in [6.07, 6.45) is 2.92. The van der Waals surface area contributed by atoms with Gasteiger partial charge in [0.25, 0.3) is 0 Å². The quantitative estimate of drug-likeness (QED) is 0.473. The van der Waals surface area contributed by atoms with Crippen LogP contribution in [0.3, 0.4) is 0 Å². The Labute approximate surface area is 110 Å². The van der Waals surface area contributed by atoms with Crippen molar-refractivity contribution in [2.45, 2.75) is 6.92 Å². The average Bonchev–Trinajstić information content (AvgIpc) is 2.36. The zero-order chi connectivity index (χ0) is 13.1. The number of fused-ring (bicyclic) bond motifs is 1. The molecule has 2 aromatic rings. The number of esters is 1. The number of hydrogen-bond acceptors (Lipinski definition) is 3. The molecule has 0 saturated heterocycles. The second-order valence-electron chi connectivity index (χ2n) is 3.92. The first-order valence-electron chi connectivity index (χ1n) is 5.43. The molecule has 3 nitrogen and oxygen atoms in total. The van der Waals surface area contributed by atoms with Crippen molar-refractivity contribution >= 4 is 34.5 Å². The van der Waals surface area contributed by atoms with Crippen LogP contribution in [-0.4, -0.2) is 18.1 Å². The summed E-state index contributed by atoms with van der Waals surface area (Å²) in [5, 5.41) is 1.36. The molecule has 92 valence electrons. The molecular formula is C14H12ClNO2.